The van der Waals surface area contributed by atoms with Crippen LogP contribution in [0.25, 0.3) is 0 Å². The fourth-order valence-electron chi connectivity index (χ4n) is 3.95. The van der Waals surface area contributed by atoms with Crippen molar-refractivity contribution in [1.29, 1.82) is 0 Å². The molecule has 0 spiro atoms. The van der Waals surface area contributed by atoms with Crippen molar-refractivity contribution in [2.24, 2.45) is 0 Å². The number of ether oxygens (including phenoxy) is 1. The Labute approximate surface area is 201 Å². The van der Waals surface area contributed by atoms with Gasteiger partial charge in [0.05, 0.1) is 12.0 Å². The number of hydrogen-bond acceptors (Lipinski definition) is 5. The van der Waals surface area contributed by atoms with Crippen molar-refractivity contribution in [2.45, 2.75) is 56.9 Å². The van der Waals surface area contributed by atoms with Crippen molar-refractivity contribution < 1.29 is 22.7 Å². The van der Waals surface area contributed by atoms with Gasteiger partial charge in [-0.3, -0.25) is 9.52 Å². The maximum absolute atomic E-state index is 13.0. The zero-order valence-electron chi connectivity index (χ0n) is 20.0. The van der Waals surface area contributed by atoms with Crippen LogP contribution >= 0.6 is 0 Å². The van der Waals surface area contributed by atoms with Gasteiger partial charge in [0.1, 0.15) is 0 Å². The molecule has 0 bridgehead atoms. The molecule has 0 unspecified atom stereocenters. The fraction of sp³-hybridized carbons (Fsp3) is 0.440. The van der Waals surface area contributed by atoms with Crippen LogP contribution < -0.4 is 10.0 Å². The van der Waals surface area contributed by atoms with E-state index in [4.69, 9.17) is 4.74 Å². The summed E-state index contributed by atoms with van der Waals surface area (Å²) in [4.78, 5) is 26.2. The van der Waals surface area contributed by atoms with Gasteiger partial charge in [-0.05, 0) is 68.0 Å². The average molecular weight is 488 g/mol. The van der Waals surface area contributed by atoms with Gasteiger partial charge in [-0.2, -0.15) is 0 Å². The Hall–Kier alpha value is -3.07. The molecule has 8 nitrogen and oxygen atoms in total. The van der Waals surface area contributed by atoms with Gasteiger partial charge in [0.25, 0.3) is 15.9 Å². The van der Waals surface area contributed by atoms with Crippen molar-refractivity contribution in [1.82, 2.24) is 10.2 Å². The number of nitrogens with zero attached hydrogens (tertiary/aromatic N) is 1. The Morgan fingerprint density at radius 3 is 2.38 bits per heavy atom. The second kappa shape index (κ2) is 11.4. The zero-order chi connectivity index (χ0) is 24.7. The maximum atomic E-state index is 13.0. The van der Waals surface area contributed by atoms with Crippen LogP contribution in [0, 0.1) is 6.92 Å². The van der Waals surface area contributed by atoms with Gasteiger partial charge in [0.15, 0.2) is 0 Å². The number of methoxy groups -OCH3 is 1. The normalized spacial score (nSPS) is 14.5. The quantitative estimate of drug-likeness (QED) is 0.583. The summed E-state index contributed by atoms with van der Waals surface area (Å²) in [7, 11) is -2.51. The number of likely N-dealkylation sites (tertiary alicyclic amines) is 1. The van der Waals surface area contributed by atoms with Gasteiger partial charge in [-0.15, -0.1) is 0 Å². The van der Waals surface area contributed by atoms with Crippen molar-refractivity contribution in [3.05, 3.63) is 59.2 Å². The molecule has 2 aromatic carbocycles. The highest BCUT2D eigenvalue weighted by Crippen LogP contribution is 2.21. The molecule has 1 fully saturated rings. The van der Waals surface area contributed by atoms with Crippen LogP contribution in [0.4, 0.5) is 10.5 Å². The van der Waals surface area contributed by atoms with Crippen molar-refractivity contribution in [3.8, 4) is 0 Å². The van der Waals surface area contributed by atoms with Crippen LogP contribution in [-0.2, 0) is 21.2 Å². The highest BCUT2D eigenvalue weighted by Gasteiger charge is 2.25. The zero-order valence-corrected chi connectivity index (χ0v) is 20.8. The lowest BCUT2D eigenvalue weighted by atomic mass is 10.0. The lowest BCUT2D eigenvalue weighted by Crippen LogP contribution is -2.46. The number of piperidine rings is 1. The molecule has 34 heavy (non-hydrogen) atoms. The number of hydrogen-bond donors (Lipinski definition) is 2. The van der Waals surface area contributed by atoms with E-state index in [1.807, 2.05) is 12.1 Å². The Balaban J connectivity index is 1.67. The Morgan fingerprint density at radius 1 is 1.09 bits per heavy atom. The van der Waals surface area contributed by atoms with Gasteiger partial charge in [0, 0.05) is 30.4 Å². The molecule has 1 aliphatic rings. The summed E-state index contributed by atoms with van der Waals surface area (Å²) in [5.41, 5.74) is 2.64. The smallest absolute Gasteiger partial charge is 0.409 e. The number of amides is 2. The SMILES string of the molecule is CCCCc1ccc(NS(=O)(=O)c2ccc(C)c(C(=O)NC3CCN(C(=O)OC)CC3)c2)cc1. The van der Waals surface area contributed by atoms with Crippen LogP contribution in [0.5, 0.6) is 0 Å². The summed E-state index contributed by atoms with van der Waals surface area (Å²) in [5.74, 6) is -0.327. The standard InChI is InChI=1S/C25H33N3O5S/c1-4-5-6-19-8-10-21(11-9-19)27-34(31,32)22-12-7-18(2)23(17-22)24(29)26-20-13-15-28(16-14-20)25(30)33-3/h7-12,17,20,27H,4-6,13-16H2,1-3H3,(H,26,29). The number of anilines is 1. The van der Waals surface area contributed by atoms with Gasteiger partial charge < -0.3 is 15.0 Å². The molecule has 2 aromatic rings. The number of carbonyl (C=O) groups is 2. The second-order valence-corrected chi connectivity index (χ2v) is 10.3. The predicted octanol–water partition coefficient (Wildman–Crippen LogP) is 4.10. The topological polar surface area (TPSA) is 105 Å². The summed E-state index contributed by atoms with van der Waals surface area (Å²) in [5, 5.41) is 2.97. The minimum absolute atomic E-state index is 0.0267. The highest BCUT2D eigenvalue weighted by atomic mass is 32.2. The van der Waals surface area contributed by atoms with Gasteiger partial charge >= 0.3 is 6.09 Å². The van der Waals surface area contributed by atoms with Crippen molar-refractivity contribution in [2.75, 3.05) is 24.9 Å². The minimum atomic E-state index is -3.86. The summed E-state index contributed by atoms with van der Waals surface area (Å²) < 4.78 is 33.3. The number of rotatable bonds is 8. The maximum Gasteiger partial charge on any atom is 0.409 e. The molecule has 0 atom stereocenters. The number of aryl methyl sites for hydroxylation is 2. The van der Waals surface area contributed by atoms with E-state index < -0.39 is 10.0 Å². The molecule has 1 heterocycles. The molecule has 184 valence electrons. The fourth-order valence-corrected chi connectivity index (χ4v) is 5.03. The van der Waals surface area contributed by atoms with Crippen molar-refractivity contribution in [3.63, 3.8) is 0 Å². The molecule has 3 rings (SSSR count). The lowest BCUT2D eigenvalue weighted by molar-refractivity contribution is 0.0891. The number of unbranched alkanes of at least 4 members (excludes halogenated alkanes) is 1. The molecular formula is C25H33N3O5S. The van der Waals surface area contributed by atoms with E-state index in [1.54, 1.807) is 30.0 Å². The lowest BCUT2D eigenvalue weighted by Gasteiger charge is -2.31. The van der Waals surface area contributed by atoms with Crippen LogP contribution in [-0.4, -0.2) is 51.6 Å². The molecule has 1 aliphatic heterocycles. The largest absolute Gasteiger partial charge is 0.453 e. The third-order valence-corrected chi connectivity index (χ3v) is 7.43. The van der Waals surface area contributed by atoms with Crippen LogP contribution in [0.15, 0.2) is 47.4 Å². The Kier molecular flexibility index (Phi) is 8.55. The first-order chi connectivity index (χ1) is 16.2. The molecule has 0 saturated carbocycles. The Morgan fingerprint density at radius 2 is 1.76 bits per heavy atom. The molecular weight excluding hydrogens is 454 g/mol. The molecule has 9 heteroatoms. The van der Waals surface area contributed by atoms with E-state index >= 15 is 0 Å². The third kappa shape index (κ3) is 6.50. The minimum Gasteiger partial charge on any atom is -0.453 e. The highest BCUT2D eigenvalue weighted by molar-refractivity contribution is 7.92. The molecule has 0 aliphatic carbocycles. The monoisotopic (exact) mass is 487 g/mol. The summed E-state index contributed by atoms with van der Waals surface area (Å²) in [6.07, 6.45) is 3.98. The number of nitrogens with one attached hydrogen (secondary N) is 2. The summed E-state index contributed by atoms with van der Waals surface area (Å²) in [6.45, 7) is 4.89. The molecule has 0 radical (unpaired) electrons. The third-order valence-electron chi connectivity index (χ3n) is 6.05. The molecule has 0 aromatic heterocycles. The number of sulfonamides is 1. The first-order valence-corrected chi connectivity index (χ1v) is 13.1. The van der Waals surface area contributed by atoms with Crippen molar-refractivity contribution >= 4 is 27.7 Å². The first kappa shape index (κ1) is 25.6. The van der Waals surface area contributed by atoms with Gasteiger partial charge in [0.2, 0.25) is 0 Å². The van der Waals surface area contributed by atoms with Crippen LogP contribution in [0.3, 0.4) is 0 Å². The van der Waals surface area contributed by atoms with E-state index in [0.717, 1.165) is 24.8 Å². The van der Waals surface area contributed by atoms with E-state index in [9.17, 15) is 18.0 Å². The van der Waals surface area contributed by atoms with Crippen LogP contribution in [0.1, 0.15) is 54.1 Å². The van der Waals surface area contributed by atoms with Gasteiger partial charge in [-0.25, -0.2) is 13.2 Å². The predicted molar refractivity (Wildman–Crippen MR) is 132 cm³/mol. The Bertz CT molecular complexity index is 1110. The van der Waals surface area contributed by atoms with Gasteiger partial charge in [-0.1, -0.05) is 31.5 Å². The molecule has 2 amide bonds. The summed E-state index contributed by atoms with van der Waals surface area (Å²) >= 11 is 0. The number of benzene rings is 2. The first-order valence-electron chi connectivity index (χ1n) is 11.6. The summed E-state index contributed by atoms with van der Waals surface area (Å²) in [6, 6.07) is 11.8. The molecule has 1 saturated heterocycles. The average Bonchev–Trinajstić information content (AvgIpc) is 2.83. The molecule has 2 N–H and O–H groups in total. The van der Waals surface area contributed by atoms with E-state index in [0.29, 0.717) is 42.7 Å². The van der Waals surface area contributed by atoms with E-state index in [-0.39, 0.29) is 22.9 Å². The second-order valence-electron chi connectivity index (χ2n) is 8.59. The van der Waals surface area contributed by atoms with Crippen LogP contribution in [0.2, 0.25) is 0 Å². The van der Waals surface area contributed by atoms with E-state index in [2.05, 4.69) is 17.0 Å². The number of carbonyl (C=O) groups excluding carboxylic acids is 2. The van der Waals surface area contributed by atoms with E-state index in [1.165, 1.54) is 19.2 Å².